The molecule has 0 N–H and O–H groups in total. The van der Waals surface area contributed by atoms with E-state index >= 15 is 0 Å². The van der Waals surface area contributed by atoms with Gasteiger partial charge in [-0.2, -0.15) is 5.10 Å². The third-order valence-electron chi connectivity index (χ3n) is 4.28. The number of esters is 1. The van der Waals surface area contributed by atoms with Crippen molar-refractivity contribution in [2.45, 2.75) is 6.54 Å². The summed E-state index contributed by atoms with van der Waals surface area (Å²) in [7, 11) is 0. The Morgan fingerprint density at radius 2 is 1.54 bits per heavy atom. The van der Waals surface area contributed by atoms with Gasteiger partial charge >= 0.3 is 5.97 Å². The molecule has 0 unspecified atom stereocenters. The van der Waals surface area contributed by atoms with Crippen LogP contribution in [0.3, 0.4) is 0 Å². The molecule has 6 heteroatoms. The number of hydrogen-bond donors (Lipinski definition) is 0. The topological polar surface area (TPSA) is 61.2 Å². The van der Waals surface area contributed by atoms with Gasteiger partial charge in [0.2, 0.25) is 0 Å². The molecule has 0 saturated heterocycles. The number of rotatable bonds is 4. The van der Waals surface area contributed by atoms with E-state index in [-0.39, 0.29) is 23.5 Å². The fourth-order valence-corrected chi connectivity index (χ4v) is 3.10. The average Bonchev–Trinajstić information content (AvgIpc) is 2.72. The standard InChI is InChI=1S/C22H15ClN2O3/c23-18-12-6-7-13-19(18)28-22(27)20-16-10-4-5-11-17(16)21(26)25(24-20)14-15-8-2-1-3-9-15/h1-13H,14H2. The van der Waals surface area contributed by atoms with Crippen LogP contribution in [0.15, 0.2) is 83.7 Å². The molecular weight excluding hydrogens is 376 g/mol. The first-order chi connectivity index (χ1) is 13.6. The number of ether oxygens (including phenoxy) is 1. The second kappa shape index (κ2) is 7.66. The fraction of sp³-hybridized carbons (Fsp3) is 0.0455. The summed E-state index contributed by atoms with van der Waals surface area (Å²) >= 11 is 6.08. The quantitative estimate of drug-likeness (QED) is 0.384. The predicted octanol–water partition coefficient (Wildman–Crippen LogP) is 4.32. The summed E-state index contributed by atoms with van der Waals surface area (Å²) in [4.78, 5) is 25.7. The number of para-hydroxylation sites is 1. The van der Waals surface area contributed by atoms with Gasteiger partial charge in [0.05, 0.1) is 17.0 Å². The lowest BCUT2D eigenvalue weighted by Gasteiger charge is -2.11. The summed E-state index contributed by atoms with van der Waals surface area (Å²) in [5.41, 5.74) is 0.692. The molecule has 0 atom stereocenters. The molecule has 0 bridgehead atoms. The molecule has 0 aliphatic rings. The van der Waals surface area contributed by atoms with Crippen molar-refractivity contribution in [3.05, 3.63) is 105 Å². The summed E-state index contributed by atoms with van der Waals surface area (Å²) in [6, 6.07) is 23.0. The summed E-state index contributed by atoms with van der Waals surface area (Å²) in [6.07, 6.45) is 0. The van der Waals surface area contributed by atoms with Crippen molar-refractivity contribution >= 4 is 28.3 Å². The van der Waals surface area contributed by atoms with Gasteiger partial charge in [0, 0.05) is 5.39 Å². The van der Waals surface area contributed by atoms with Crippen LogP contribution in [0.4, 0.5) is 0 Å². The molecule has 0 spiro atoms. The lowest BCUT2D eigenvalue weighted by molar-refractivity contribution is 0.0728. The minimum absolute atomic E-state index is 0.0612. The third-order valence-corrected chi connectivity index (χ3v) is 4.59. The number of benzene rings is 3. The molecule has 4 aromatic rings. The molecule has 0 fully saturated rings. The zero-order chi connectivity index (χ0) is 19.5. The van der Waals surface area contributed by atoms with Crippen molar-refractivity contribution in [3.8, 4) is 5.75 Å². The predicted molar refractivity (Wildman–Crippen MR) is 108 cm³/mol. The van der Waals surface area contributed by atoms with Gasteiger partial charge in [-0.15, -0.1) is 0 Å². The van der Waals surface area contributed by atoms with E-state index in [1.54, 1.807) is 48.5 Å². The summed E-state index contributed by atoms with van der Waals surface area (Å²) < 4.78 is 6.71. The Morgan fingerprint density at radius 3 is 2.29 bits per heavy atom. The molecule has 0 amide bonds. The van der Waals surface area contributed by atoms with Crippen LogP contribution in [0.25, 0.3) is 10.8 Å². The van der Waals surface area contributed by atoms with E-state index in [2.05, 4.69) is 5.10 Å². The van der Waals surface area contributed by atoms with E-state index in [4.69, 9.17) is 16.3 Å². The SMILES string of the molecule is O=C(Oc1ccccc1Cl)c1nn(Cc2ccccc2)c(=O)c2ccccc12. The van der Waals surface area contributed by atoms with Crippen LogP contribution in [-0.2, 0) is 6.54 Å². The molecular formula is C22H15ClN2O3. The summed E-state index contributed by atoms with van der Waals surface area (Å²) in [5, 5.41) is 5.47. The maximum atomic E-state index is 12.8. The van der Waals surface area contributed by atoms with Crippen LogP contribution >= 0.6 is 11.6 Å². The Balaban J connectivity index is 1.81. The molecule has 138 valence electrons. The Morgan fingerprint density at radius 1 is 0.893 bits per heavy atom. The van der Waals surface area contributed by atoms with E-state index < -0.39 is 5.97 Å². The molecule has 0 aliphatic heterocycles. The highest BCUT2D eigenvalue weighted by molar-refractivity contribution is 6.32. The van der Waals surface area contributed by atoms with Crippen molar-refractivity contribution in [1.82, 2.24) is 9.78 Å². The Kier molecular flexibility index (Phi) is 4.91. The van der Waals surface area contributed by atoms with Crippen LogP contribution in [-0.4, -0.2) is 15.7 Å². The first-order valence-corrected chi connectivity index (χ1v) is 9.02. The second-order valence-electron chi connectivity index (χ2n) is 6.16. The van der Waals surface area contributed by atoms with E-state index in [1.165, 1.54) is 4.68 Å². The van der Waals surface area contributed by atoms with E-state index in [0.717, 1.165) is 5.56 Å². The molecule has 5 nitrogen and oxygen atoms in total. The highest BCUT2D eigenvalue weighted by Gasteiger charge is 2.19. The van der Waals surface area contributed by atoms with Crippen molar-refractivity contribution in [3.63, 3.8) is 0 Å². The first-order valence-electron chi connectivity index (χ1n) is 8.64. The first kappa shape index (κ1) is 17.9. The van der Waals surface area contributed by atoms with E-state index in [1.807, 2.05) is 30.3 Å². The van der Waals surface area contributed by atoms with Crippen molar-refractivity contribution in [1.29, 1.82) is 0 Å². The van der Waals surface area contributed by atoms with Gasteiger partial charge in [-0.25, -0.2) is 9.48 Å². The minimum Gasteiger partial charge on any atom is -0.420 e. The number of hydrogen-bond acceptors (Lipinski definition) is 4. The fourth-order valence-electron chi connectivity index (χ4n) is 2.93. The number of fused-ring (bicyclic) bond motifs is 1. The van der Waals surface area contributed by atoms with Gasteiger partial charge in [0.25, 0.3) is 5.56 Å². The molecule has 28 heavy (non-hydrogen) atoms. The average molecular weight is 391 g/mol. The minimum atomic E-state index is -0.675. The van der Waals surface area contributed by atoms with E-state index in [9.17, 15) is 9.59 Å². The molecule has 0 saturated carbocycles. The van der Waals surface area contributed by atoms with E-state index in [0.29, 0.717) is 15.8 Å². The molecule has 1 aromatic heterocycles. The smallest absolute Gasteiger partial charge is 0.364 e. The lowest BCUT2D eigenvalue weighted by atomic mass is 10.1. The van der Waals surface area contributed by atoms with Crippen molar-refractivity contribution in [2.75, 3.05) is 0 Å². The highest BCUT2D eigenvalue weighted by atomic mass is 35.5. The van der Waals surface area contributed by atoms with Gasteiger partial charge in [0.15, 0.2) is 5.69 Å². The van der Waals surface area contributed by atoms with Crippen LogP contribution in [0.5, 0.6) is 5.75 Å². The van der Waals surface area contributed by atoms with Gasteiger partial charge in [-0.05, 0) is 23.8 Å². The van der Waals surface area contributed by atoms with Gasteiger partial charge < -0.3 is 4.74 Å². The summed E-state index contributed by atoms with van der Waals surface area (Å²) in [5.74, 6) is -0.438. The van der Waals surface area contributed by atoms with Crippen LogP contribution in [0.1, 0.15) is 16.1 Å². The van der Waals surface area contributed by atoms with Crippen molar-refractivity contribution in [2.24, 2.45) is 0 Å². The Labute approximate surface area is 165 Å². The highest BCUT2D eigenvalue weighted by Crippen LogP contribution is 2.25. The molecule has 1 heterocycles. The number of aromatic nitrogens is 2. The van der Waals surface area contributed by atoms with Gasteiger partial charge in [0.1, 0.15) is 5.75 Å². The van der Waals surface area contributed by atoms with Crippen LogP contribution in [0.2, 0.25) is 5.02 Å². The third kappa shape index (κ3) is 3.52. The summed E-state index contributed by atoms with van der Waals surface area (Å²) in [6.45, 7) is 0.247. The maximum absolute atomic E-state index is 12.8. The van der Waals surface area contributed by atoms with Gasteiger partial charge in [-0.3, -0.25) is 4.79 Å². The maximum Gasteiger partial charge on any atom is 0.364 e. The molecule has 4 rings (SSSR count). The largest absolute Gasteiger partial charge is 0.420 e. The second-order valence-corrected chi connectivity index (χ2v) is 6.57. The number of halogens is 1. The number of carbonyl (C=O) groups excluding carboxylic acids is 1. The van der Waals surface area contributed by atoms with Crippen LogP contribution < -0.4 is 10.3 Å². The Bertz CT molecular complexity index is 1220. The zero-order valence-corrected chi connectivity index (χ0v) is 15.5. The zero-order valence-electron chi connectivity index (χ0n) is 14.7. The lowest BCUT2D eigenvalue weighted by Crippen LogP contribution is -2.27. The normalized spacial score (nSPS) is 10.8. The molecule has 0 aliphatic carbocycles. The number of carbonyl (C=O) groups is 1. The van der Waals surface area contributed by atoms with Gasteiger partial charge in [-0.1, -0.05) is 72.3 Å². The van der Waals surface area contributed by atoms with Crippen LogP contribution in [0, 0.1) is 0 Å². The molecule has 3 aromatic carbocycles. The monoisotopic (exact) mass is 390 g/mol. The molecule has 0 radical (unpaired) electrons. The Hall–Kier alpha value is -3.44. The number of nitrogens with zero attached hydrogens (tertiary/aromatic N) is 2. The van der Waals surface area contributed by atoms with Crippen molar-refractivity contribution < 1.29 is 9.53 Å².